The van der Waals surface area contributed by atoms with Crippen LogP contribution in [0.5, 0.6) is 0 Å². The van der Waals surface area contributed by atoms with Crippen LogP contribution in [0.1, 0.15) is 60.8 Å². The molecule has 0 aromatic carbocycles. The van der Waals surface area contributed by atoms with E-state index in [-0.39, 0.29) is 18.2 Å². The third kappa shape index (κ3) is 5.09. The van der Waals surface area contributed by atoms with Crippen molar-refractivity contribution in [3.8, 4) is 0 Å². The van der Waals surface area contributed by atoms with E-state index in [1.165, 1.54) is 0 Å². The zero-order chi connectivity index (χ0) is 17.8. The number of ether oxygens (including phenoxy) is 1. The molecule has 23 heavy (non-hydrogen) atoms. The summed E-state index contributed by atoms with van der Waals surface area (Å²) in [6.45, 7) is 12.6. The molecule has 3 atom stereocenters. The van der Waals surface area contributed by atoms with Crippen LogP contribution < -0.4 is 0 Å². The van der Waals surface area contributed by atoms with E-state index in [2.05, 4.69) is 4.90 Å². The van der Waals surface area contributed by atoms with E-state index in [9.17, 15) is 14.7 Å². The van der Waals surface area contributed by atoms with Gasteiger partial charge in [-0.05, 0) is 40.0 Å². The van der Waals surface area contributed by atoms with Gasteiger partial charge in [-0.15, -0.1) is 0 Å². The normalized spacial score (nSPS) is 24.3. The molecule has 0 saturated carbocycles. The molecular formula is C17H32N2O4. The number of carbonyl (C=O) groups excluding carboxylic acids is 1. The van der Waals surface area contributed by atoms with Crippen LogP contribution in [0.3, 0.4) is 0 Å². The molecule has 1 unspecified atom stereocenters. The summed E-state index contributed by atoms with van der Waals surface area (Å²) >= 11 is 0. The molecule has 0 aliphatic carbocycles. The first-order valence-corrected chi connectivity index (χ1v) is 8.62. The predicted molar refractivity (Wildman–Crippen MR) is 89.5 cm³/mol. The highest BCUT2D eigenvalue weighted by Gasteiger charge is 2.40. The van der Waals surface area contributed by atoms with Gasteiger partial charge in [-0.3, -0.25) is 9.69 Å². The average Bonchev–Trinajstić information content (AvgIpc) is 2.45. The maximum atomic E-state index is 12.5. The number of hydrogen-bond acceptors (Lipinski definition) is 4. The summed E-state index contributed by atoms with van der Waals surface area (Å²) in [5.74, 6) is -0.786. The first kappa shape index (κ1) is 19.7. The Kier molecular flexibility index (Phi) is 6.86. The van der Waals surface area contributed by atoms with Gasteiger partial charge in [0.05, 0.1) is 0 Å². The third-order valence-electron chi connectivity index (χ3n) is 4.38. The Hall–Kier alpha value is -1.30. The van der Waals surface area contributed by atoms with Gasteiger partial charge in [0.1, 0.15) is 11.6 Å². The van der Waals surface area contributed by atoms with E-state index >= 15 is 0 Å². The fraction of sp³-hybridized carbons (Fsp3) is 0.882. The summed E-state index contributed by atoms with van der Waals surface area (Å²) < 4.78 is 5.52. The molecular weight excluding hydrogens is 296 g/mol. The van der Waals surface area contributed by atoms with Gasteiger partial charge in [-0.1, -0.05) is 20.8 Å². The lowest BCUT2D eigenvalue weighted by Gasteiger charge is -2.47. The van der Waals surface area contributed by atoms with Crippen LogP contribution in [0.4, 0.5) is 4.79 Å². The Balaban J connectivity index is 2.96. The molecule has 0 bridgehead atoms. The minimum absolute atomic E-state index is 0.0129. The maximum Gasteiger partial charge on any atom is 0.410 e. The van der Waals surface area contributed by atoms with Crippen molar-refractivity contribution in [1.29, 1.82) is 0 Å². The van der Waals surface area contributed by atoms with Crippen LogP contribution in [0.25, 0.3) is 0 Å². The monoisotopic (exact) mass is 328 g/mol. The summed E-state index contributed by atoms with van der Waals surface area (Å²) in [5, 5.41) is 9.48. The lowest BCUT2D eigenvalue weighted by Crippen LogP contribution is -2.63. The molecule has 1 heterocycles. The topological polar surface area (TPSA) is 70.1 Å². The second-order valence-corrected chi connectivity index (χ2v) is 7.22. The lowest BCUT2D eigenvalue weighted by atomic mass is 9.99. The van der Waals surface area contributed by atoms with Gasteiger partial charge in [-0.2, -0.15) is 0 Å². The highest BCUT2D eigenvalue weighted by molar-refractivity contribution is 5.73. The lowest BCUT2D eigenvalue weighted by molar-refractivity contribution is -0.146. The van der Waals surface area contributed by atoms with Gasteiger partial charge in [-0.25, -0.2) is 4.79 Å². The first-order valence-electron chi connectivity index (χ1n) is 8.62. The molecule has 1 aliphatic heterocycles. The number of rotatable bonds is 5. The van der Waals surface area contributed by atoms with Gasteiger partial charge in [0.15, 0.2) is 0 Å². The van der Waals surface area contributed by atoms with Gasteiger partial charge in [0, 0.05) is 25.2 Å². The number of carboxylic acids is 1. The number of aliphatic carboxylic acids is 1. The van der Waals surface area contributed by atoms with Crippen molar-refractivity contribution in [3.05, 3.63) is 0 Å². The summed E-state index contributed by atoms with van der Waals surface area (Å²) in [5.41, 5.74) is -0.527. The SMILES string of the molecule is CCC(C(=O)O)N1C[C@H](CC)N(C(=O)OC(C)(C)C)C[C@H]1CC. The Bertz CT molecular complexity index is 419. The van der Waals surface area contributed by atoms with Crippen molar-refractivity contribution >= 4 is 12.1 Å². The van der Waals surface area contributed by atoms with Gasteiger partial charge in [0.25, 0.3) is 0 Å². The third-order valence-corrected chi connectivity index (χ3v) is 4.38. The molecule has 1 N–H and O–H groups in total. The highest BCUT2D eigenvalue weighted by Crippen LogP contribution is 2.25. The molecule has 6 heteroatoms. The molecule has 0 aromatic rings. The minimum atomic E-state index is -0.786. The average molecular weight is 328 g/mol. The van der Waals surface area contributed by atoms with Crippen LogP contribution in [0.2, 0.25) is 0 Å². The van der Waals surface area contributed by atoms with Crippen molar-refractivity contribution in [2.24, 2.45) is 0 Å². The number of hydrogen-bond donors (Lipinski definition) is 1. The number of piperazine rings is 1. The van der Waals surface area contributed by atoms with Gasteiger partial charge in [0.2, 0.25) is 0 Å². The molecule has 134 valence electrons. The fourth-order valence-corrected chi connectivity index (χ4v) is 3.16. The number of carboxylic acid groups (broad SMARTS) is 1. The van der Waals surface area contributed by atoms with Crippen LogP contribution >= 0.6 is 0 Å². The first-order chi connectivity index (χ1) is 10.6. The maximum absolute atomic E-state index is 12.5. The van der Waals surface area contributed by atoms with Crippen molar-refractivity contribution in [3.63, 3.8) is 0 Å². The Labute approximate surface area is 139 Å². The number of nitrogens with zero attached hydrogens (tertiary/aromatic N) is 2. The second-order valence-electron chi connectivity index (χ2n) is 7.22. The van der Waals surface area contributed by atoms with E-state index in [0.717, 1.165) is 12.8 Å². The predicted octanol–water partition coefficient (Wildman–Crippen LogP) is 2.96. The standard InChI is InChI=1S/C17H32N2O4/c1-7-12-11-19(16(22)23-17(4,5)6)13(8-2)10-18(12)14(9-3)15(20)21/h12-14H,7-11H2,1-6H3,(H,20,21)/t12-,13+,14?/m1/s1. The van der Waals surface area contributed by atoms with Crippen LogP contribution in [0.15, 0.2) is 0 Å². The zero-order valence-electron chi connectivity index (χ0n) is 15.3. The Morgan fingerprint density at radius 3 is 2.09 bits per heavy atom. The molecule has 6 nitrogen and oxygen atoms in total. The van der Waals surface area contributed by atoms with E-state index in [1.54, 1.807) is 4.90 Å². The van der Waals surface area contributed by atoms with Crippen molar-refractivity contribution in [2.75, 3.05) is 13.1 Å². The van der Waals surface area contributed by atoms with Crippen molar-refractivity contribution in [2.45, 2.75) is 84.5 Å². The number of amides is 1. The second kappa shape index (κ2) is 7.99. The largest absolute Gasteiger partial charge is 0.480 e. The smallest absolute Gasteiger partial charge is 0.410 e. The van der Waals surface area contributed by atoms with E-state index in [4.69, 9.17) is 4.74 Å². The molecule has 1 fully saturated rings. The van der Waals surface area contributed by atoms with Gasteiger partial charge < -0.3 is 14.7 Å². The van der Waals surface area contributed by atoms with E-state index < -0.39 is 17.6 Å². The Morgan fingerprint density at radius 2 is 1.70 bits per heavy atom. The van der Waals surface area contributed by atoms with Gasteiger partial charge >= 0.3 is 12.1 Å². The molecule has 1 amide bonds. The molecule has 0 spiro atoms. The molecule has 0 radical (unpaired) electrons. The van der Waals surface area contributed by atoms with Crippen molar-refractivity contribution < 1.29 is 19.4 Å². The summed E-state index contributed by atoms with van der Waals surface area (Å²) in [4.78, 5) is 27.9. The molecule has 1 saturated heterocycles. The van der Waals surface area contributed by atoms with E-state index in [1.807, 2.05) is 41.5 Å². The molecule has 1 rings (SSSR count). The van der Waals surface area contributed by atoms with Crippen molar-refractivity contribution in [1.82, 2.24) is 9.80 Å². The fourth-order valence-electron chi connectivity index (χ4n) is 3.16. The summed E-state index contributed by atoms with van der Waals surface area (Å²) in [6.07, 6.45) is 1.85. The van der Waals surface area contributed by atoms with Crippen LogP contribution in [0, 0.1) is 0 Å². The molecule has 0 aromatic heterocycles. The Morgan fingerprint density at radius 1 is 1.13 bits per heavy atom. The molecule has 1 aliphatic rings. The minimum Gasteiger partial charge on any atom is -0.480 e. The van der Waals surface area contributed by atoms with E-state index in [0.29, 0.717) is 19.5 Å². The van der Waals surface area contributed by atoms with Crippen LogP contribution in [-0.2, 0) is 9.53 Å². The zero-order valence-corrected chi connectivity index (χ0v) is 15.3. The van der Waals surface area contributed by atoms with Crippen LogP contribution in [-0.4, -0.2) is 63.8 Å². The number of carbonyl (C=O) groups is 2. The summed E-state index contributed by atoms with van der Waals surface area (Å²) in [6, 6.07) is -0.456. The highest BCUT2D eigenvalue weighted by atomic mass is 16.6. The summed E-state index contributed by atoms with van der Waals surface area (Å²) in [7, 11) is 0. The quantitative estimate of drug-likeness (QED) is 0.840.